The van der Waals surface area contributed by atoms with E-state index in [0.717, 1.165) is 11.1 Å². The molecule has 0 saturated carbocycles. The minimum absolute atomic E-state index is 0.238. The van der Waals surface area contributed by atoms with E-state index in [1.807, 2.05) is 33.8 Å². The number of methoxy groups -OCH3 is 1. The van der Waals surface area contributed by atoms with Crippen molar-refractivity contribution in [3.05, 3.63) is 58.7 Å². The van der Waals surface area contributed by atoms with E-state index in [-0.39, 0.29) is 17.8 Å². The summed E-state index contributed by atoms with van der Waals surface area (Å²) < 4.78 is 10.5. The smallest absolute Gasteiger partial charge is 0.311 e. The molecule has 0 N–H and O–H groups in total. The van der Waals surface area contributed by atoms with Crippen LogP contribution in [-0.4, -0.2) is 31.5 Å². The first-order chi connectivity index (χ1) is 14.2. The number of carbonyl (C=O) groups is 3. The fraction of sp³-hybridized carbons (Fsp3) is 0.375. The van der Waals surface area contributed by atoms with E-state index in [0.29, 0.717) is 42.0 Å². The van der Waals surface area contributed by atoms with Crippen molar-refractivity contribution in [3.8, 4) is 5.75 Å². The molecule has 2 aromatic carbocycles. The number of hydrogen-bond acceptors (Lipinski definition) is 5. The molecule has 0 bridgehead atoms. The van der Waals surface area contributed by atoms with Gasteiger partial charge in [0.2, 0.25) is 0 Å². The second-order valence-corrected chi connectivity index (χ2v) is 8.20. The molecule has 0 spiro atoms. The Balaban J connectivity index is 1.64. The third kappa shape index (κ3) is 3.95. The van der Waals surface area contributed by atoms with Gasteiger partial charge in [0, 0.05) is 0 Å². The Morgan fingerprint density at radius 2 is 1.67 bits per heavy atom. The standard InChI is InChI=1S/C24H27NO5/c1-15-7-12-19-20(16(15)2)22(27)25(21(19)26)17-8-10-18(11-9-17)30-14-6-13-24(3,4)23(28)29-5/h7-12H,6,13-14H2,1-5H3. The lowest BCUT2D eigenvalue weighted by Crippen LogP contribution is -2.29. The topological polar surface area (TPSA) is 72.9 Å². The summed E-state index contributed by atoms with van der Waals surface area (Å²) >= 11 is 0. The molecule has 6 nitrogen and oxygen atoms in total. The van der Waals surface area contributed by atoms with E-state index in [9.17, 15) is 14.4 Å². The Labute approximate surface area is 176 Å². The van der Waals surface area contributed by atoms with Crippen LogP contribution in [0.5, 0.6) is 5.75 Å². The number of hydrogen-bond donors (Lipinski definition) is 0. The third-order valence-corrected chi connectivity index (χ3v) is 5.63. The number of fused-ring (bicyclic) bond motifs is 1. The van der Waals surface area contributed by atoms with Crippen LogP contribution in [0, 0.1) is 19.3 Å². The molecular formula is C24H27NO5. The number of nitrogens with zero attached hydrogens (tertiary/aromatic N) is 1. The van der Waals surface area contributed by atoms with Crippen LogP contribution >= 0.6 is 0 Å². The molecular weight excluding hydrogens is 382 g/mol. The average Bonchev–Trinajstić information content (AvgIpc) is 2.98. The molecule has 2 aromatic rings. The Hall–Kier alpha value is -3.15. The van der Waals surface area contributed by atoms with Gasteiger partial charge in [-0.05, 0) is 82.0 Å². The zero-order valence-electron chi connectivity index (χ0n) is 18.1. The molecule has 0 saturated heterocycles. The fourth-order valence-corrected chi connectivity index (χ4v) is 3.60. The summed E-state index contributed by atoms with van der Waals surface area (Å²) in [5.41, 5.74) is 2.70. The first kappa shape index (κ1) is 21.6. The van der Waals surface area contributed by atoms with E-state index in [1.54, 1.807) is 30.3 Å². The monoisotopic (exact) mass is 409 g/mol. The number of benzene rings is 2. The molecule has 0 radical (unpaired) electrons. The Bertz CT molecular complexity index is 991. The highest BCUT2D eigenvalue weighted by atomic mass is 16.5. The van der Waals surface area contributed by atoms with Gasteiger partial charge in [-0.3, -0.25) is 14.4 Å². The highest BCUT2D eigenvalue weighted by Gasteiger charge is 2.38. The van der Waals surface area contributed by atoms with Crippen LogP contribution in [0.25, 0.3) is 0 Å². The number of ether oxygens (including phenoxy) is 2. The molecule has 30 heavy (non-hydrogen) atoms. The maximum Gasteiger partial charge on any atom is 0.311 e. The van der Waals surface area contributed by atoms with Gasteiger partial charge >= 0.3 is 5.97 Å². The summed E-state index contributed by atoms with van der Waals surface area (Å²) in [5, 5.41) is 0. The zero-order chi connectivity index (χ0) is 22.1. The van der Waals surface area contributed by atoms with Crippen molar-refractivity contribution >= 4 is 23.5 Å². The normalized spacial score (nSPS) is 13.4. The molecule has 1 aliphatic rings. The lowest BCUT2D eigenvalue weighted by atomic mass is 9.88. The van der Waals surface area contributed by atoms with Crippen LogP contribution < -0.4 is 9.64 Å². The molecule has 1 heterocycles. The summed E-state index contributed by atoms with van der Waals surface area (Å²) in [7, 11) is 1.39. The van der Waals surface area contributed by atoms with Crippen LogP contribution in [0.15, 0.2) is 36.4 Å². The highest BCUT2D eigenvalue weighted by Crippen LogP contribution is 2.32. The number of rotatable bonds is 7. The maximum atomic E-state index is 12.9. The maximum absolute atomic E-state index is 12.9. The van der Waals surface area contributed by atoms with E-state index in [1.165, 1.54) is 12.0 Å². The number of anilines is 1. The van der Waals surface area contributed by atoms with E-state index >= 15 is 0 Å². The molecule has 3 rings (SSSR count). The van der Waals surface area contributed by atoms with Gasteiger partial charge in [-0.1, -0.05) is 6.07 Å². The van der Waals surface area contributed by atoms with Crippen LogP contribution in [0.2, 0.25) is 0 Å². The number of imide groups is 1. The minimum atomic E-state index is -0.552. The number of esters is 1. The number of carbonyl (C=O) groups excluding carboxylic acids is 3. The van der Waals surface area contributed by atoms with Gasteiger partial charge in [0.05, 0.1) is 35.9 Å². The molecule has 158 valence electrons. The average molecular weight is 409 g/mol. The van der Waals surface area contributed by atoms with E-state index in [4.69, 9.17) is 9.47 Å². The summed E-state index contributed by atoms with van der Waals surface area (Å²) in [6.45, 7) is 7.93. The molecule has 0 fully saturated rings. The lowest BCUT2D eigenvalue weighted by molar-refractivity contribution is -0.151. The molecule has 0 aliphatic carbocycles. The Morgan fingerprint density at radius 3 is 2.30 bits per heavy atom. The second kappa shape index (κ2) is 8.30. The first-order valence-corrected chi connectivity index (χ1v) is 9.97. The molecule has 0 unspecified atom stereocenters. The first-order valence-electron chi connectivity index (χ1n) is 9.97. The van der Waals surface area contributed by atoms with Gasteiger partial charge in [0.25, 0.3) is 11.8 Å². The highest BCUT2D eigenvalue weighted by molar-refractivity contribution is 6.35. The SMILES string of the molecule is COC(=O)C(C)(C)CCCOc1ccc(N2C(=O)c3ccc(C)c(C)c3C2=O)cc1. The summed E-state index contributed by atoms with van der Waals surface area (Å²) in [5.74, 6) is -0.205. The quantitative estimate of drug-likeness (QED) is 0.383. The van der Waals surface area contributed by atoms with E-state index < -0.39 is 5.41 Å². The van der Waals surface area contributed by atoms with Gasteiger partial charge in [0.15, 0.2) is 0 Å². The summed E-state index contributed by atoms with van der Waals surface area (Å²) in [6.07, 6.45) is 1.34. The van der Waals surface area contributed by atoms with Crippen molar-refractivity contribution < 1.29 is 23.9 Å². The predicted octanol–water partition coefficient (Wildman–Crippen LogP) is 4.46. The van der Waals surface area contributed by atoms with Crippen LogP contribution in [0.1, 0.15) is 58.5 Å². The predicted molar refractivity (Wildman–Crippen MR) is 114 cm³/mol. The fourth-order valence-electron chi connectivity index (χ4n) is 3.60. The third-order valence-electron chi connectivity index (χ3n) is 5.63. The van der Waals surface area contributed by atoms with Crippen molar-refractivity contribution in [1.29, 1.82) is 0 Å². The van der Waals surface area contributed by atoms with Crippen molar-refractivity contribution in [1.82, 2.24) is 0 Å². The van der Waals surface area contributed by atoms with Crippen LogP contribution in [0.4, 0.5) is 5.69 Å². The number of amides is 2. The minimum Gasteiger partial charge on any atom is -0.494 e. The number of aryl methyl sites for hydroxylation is 1. The Morgan fingerprint density at radius 1 is 1.00 bits per heavy atom. The lowest BCUT2D eigenvalue weighted by Gasteiger charge is -2.21. The van der Waals surface area contributed by atoms with E-state index in [2.05, 4.69) is 0 Å². The summed E-state index contributed by atoms with van der Waals surface area (Å²) in [6, 6.07) is 10.5. The summed E-state index contributed by atoms with van der Waals surface area (Å²) in [4.78, 5) is 38.6. The molecule has 6 heteroatoms. The molecule has 2 amide bonds. The van der Waals surface area contributed by atoms with Crippen molar-refractivity contribution in [2.45, 2.75) is 40.5 Å². The van der Waals surface area contributed by atoms with Crippen molar-refractivity contribution in [3.63, 3.8) is 0 Å². The second-order valence-electron chi connectivity index (χ2n) is 8.20. The Kier molecular flexibility index (Phi) is 5.97. The molecule has 0 aromatic heterocycles. The van der Waals surface area contributed by atoms with Crippen molar-refractivity contribution in [2.75, 3.05) is 18.6 Å². The van der Waals surface area contributed by atoms with Gasteiger partial charge in [-0.15, -0.1) is 0 Å². The zero-order valence-corrected chi connectivity index (χ0v) is 18.1. The van der Waals surface area contributed by atoms with Gasteiger partial charge in [-0.25, -0.2) is 4.90 Å². The van der Waals surface area contributed by atoms with Crippen LogP contribution in [-0.2, 0) is 9.53 Å². The van der Waals surface area contributed by atoms with Crippen LogP contribution in [0.3, 0.4) is 0 Å². The van der Waals surface area contributed by atoms with Gasteiger partial charge in [-0.2, -0.15) is 0 Å². The van der Waals surface area contributed by atoms with Gasteiger partial charge < -0.3 is 9.47 Å². The van der Waals surface area contributed by atoms with Gasteiger partial charge in [0.1, 0.15) is 5.75 Å². The largest absolute Gasteiger partial charge is 0.494 e. The van der Waals surface area contributed by atoms with Crippen molar-refractivity contribution in [2.24, 2.45) is 5.41 Å². The molecule has 0 atom stereocenters. The molecule has 1 aliphatic heterocycles.